The summed E-state index contributed by atoms with van der Waals surface area (Å²) in [5, 5.41) is 7.60. The van der Waals surface area contributed by atoms with Crippen molar-refractivity contribution in [3.8, 4) is 0 Å². The van der Waals surface area contributed by atoms with Crippen molar-refractivity contribution in [1.29, 1.82) is 0 Å². The van der Waals surface area contributed by atoms with Crippen LogP contribution in [-0.4, -0.2) is 108 Å². The first-order valence-electron chi connectivity index (χ1n) is 16.3. The summed E-state index contributed by atoms with van der Waals surface area (Å²) in [6.45, 7) is 2.69. The number of allylic oxidation sites excluding steroid dienone is 1. The fraction of sp³-hybridized carbons (Fsp3) is 0.314. The lowest BCUT2D eigenvalue weighted by atomic mass is 9.71. The van der Waals surface area contributed by atoms with Gasteiger partial charge in [-0.15, -0.1) is 11.3 Å². The Morgan fingerprint density at radius 3 is 2.19 bits per heavy atom. The number of thiazole rings is 1. The van der Waals surface area contributed by atoms with Gasteiger partial charge in [0.2, 0.25) is 6.61 Å². The van der Waals surface area contributed by atoms with Crippen LogP contribution in [-0.2, 0) is 47.0 Å². The van der Waals surface area contributed by atoms with Crippen LogP contribution in [0.1, 0.15) is 26.4 Å². The Bertz CT molecular complexity index is 2060. The zero-order valence-corrected chi connectivity index (χ0v) is 31.4. The summed E-state index contributed by atoms with van der Waals surface area (Å²) < 4.78 is 13.8. The molecule has 3 unspecified atom stereocenters. The zero-order chi connectivity index (χ0) is 39.1. The fourth-order valence-corrected chi connectivity index (χ4v) is 7.52. The Hall–Kier alpha value is -5.95. The minimum Gasteiger partial charge on any atom is -0.402 e. The molecule has 2 aliphatic rings. The molecule has 1 aliphatic carbocycles. The monoisotopic (exact) mass is 778 g/mol. The number of nitrogens with two attached hydrogens (primary N) is 1. The molecule has 3 atom stereocenters. The number of carbonyl (C=O) groups is 6. The summed E-state index contributed by atoms with van der Waals surface area (Å²) in [5.74, 6) is -3.77. The average Bonchev–Trinajstić information content (AvgIpc) is 3.60. The van der Waals surface area contributed by atoms with E-state index in [9.17, 15) is 28.8 Å². The van der Waals surface area contributed by atoms with E-state index >= 15 is 0 Å². The Balaban J connectivity index is 1.22. The predicted octanol–water partition coefficient (Wildman–Crippen LogP) is 0.108. The molecule has 0 spiro atoms. The number of hydrogen-bond acceptors (Lipinski definition) is 14. The lowest BCUT2D eigenvalue weighted by molar-refractivity contribution is -0.727. The molecule has 5 rings (SSSR count). The summed E-state index contributed by atoms with van der Waals surface area (Å²) in [7, 11) is 6.49. The highest BCUT2D eigenvalue weighted by molar-refractivity contribution is 8.00. The van der Waals surface area contributed by atoms with Gasteiger partial charge in [-0.1, -0.05) is 17.8 Å². The normalized spacial score (nSPS) is 17.7. The molecular weight excluding hydrogens is 741 g/mol. The van der Waals surface area contributed by atoms with Crippen molar-refractivity contribution in [1.82, 2.24) is 20.1 Å². The first-order chi connectivity index (χ1) is 25.8. The van der Waals surface area contributed by atoms with Crippen LogP contribution in [0, 0.1) is 5.92 Å². The Morgan fingerprint density at radius 2 is 1.63 bits per heavy atom. The topological polar surface area (TPSA) is 208 Å². The molecule has 19 heteroatoms. The van der Waals surface area contributed by atoms with Gasteiger partial charge in [-0.3, -0.25) is 19.2 Å². The third-order valence-corrected chi connectivity index (χ3v) is 10.3. The molecule has 4 heterocycles. The lowest BCUT2D eigenvalue weighted by Gasteiger charge is -2.46. The first kappa shape index (κ1) is 39.3. The molecule has 1 fully saturated rings. The second-order valence-corrected chi connectivity index (χ2v) is 14.4. The van der Waals surface area contributed by atoms with Crippen LogP contribution in [0.15, 0.2) is 83.4 Å². The number of ketones is 1. The molecule has 54 heavy (non-hydrogen) atoms. The van der Waals surface area contributed by atoms with Crippen LogP contribution in [0.4, 0.5) is 5.13 Å². The molecule has 3 amide bonds. The van der Waals surface area contributed by atoms with Crippen LogP contribution >= 0.6 is 23.1 Å². The van der Waals surface area contributed by atoms with E-state index in [0.29, 0.717) is 22.5 Å². The van der Waals surface area contributed by atoms with Gasteiger partial charge in [0.1, 0.15) is 22.9 Å². The smallest absolute Gasteiger partial charge is 0.351 e. The van der Waals surface area contributed by atoms with Crippen molar-refractivity contribution in [3.63, 3.8) is 0 Å². The number of carbonyl (C=O) groups excluding carboxylic acids is 6. The van der Waals surface area contributed by atoms with E-state index in [1.165, 1.54) is 48.3 Å². The van der Waals surface area contributed by atoms with Crippen LogP contribution in [0.5, 0.6) is 0 Å². The van der Waals surface area contributed by atoms with Crippen molar-refractivity contribution >= 4 is 69.4 Å². The molecule has 1 saturated carbocycles. The van der Waals surface area contributed by atoms with Crippen molar-refractivity contribution in [2.75, 3.05) is 46.3 Å². The van der Waals surface area contributed by atoms with Gasteiger partial charge in [-0.05, 0) is 17.7 Å². The predicted molar refractivity (Wildman–Crippen MR) is 194 cm³/mol. The highest BCUT2D eigenvalue weighted by atomic mass is 32.2. The second kappa shape index (κ2) is 17.3. The van der Waals surface area contributed by atoms with Gasteiger partial charge in [0, 0.05) is 56.7 Å². The second-order valence-electron chi connectivity index (χ2n) is 12.4. The number of amides is 3. The van der Waals surface area contributed by atoms with Gasteiger partial charge in [0.05, 0.1) is 11.5 Å². The van der Waals surface area contributed by atoms with Crippen molar-refractivity contribution in [2.45, 2.75) is 24.8 Å². The molecule has 282 valence electrons. The number of pyridine rings is 2. The van der Waals surface area contributed by atoms with Crippen LogP contribution in [0.3, 0.4) is 0 Å². The van der Waals surface area contributed by atoms with Gasteiger partial charge in [-0.2, -0.15) is 20.9 Å². The lowest BCUT2D eigenvalue weighted by Crippen LogP contribution is -2.66. The maximum absolute atomic E-state index is 13.6. The molecule has 3 aromatic heterocycles. The summed E-state index contributed by atoms with van der Waals surface area (Å²) in [5.41, 5.74) is 6.99. The quantitative estimate of drug-likeness (QED) is 0.0968. The molecule has 3 aromatic rings. The van der Waals surface area contributed by atoms with Gasteiger partial charge in [0.15, 0.2) is 41.4 Å². The number of rotatable bonds is 14. The molecule has 0 saturated heterocycles. The van der Waals surface area contributed by atoms with Crippen LogP contribution in [0.2, 0.25) is 0 Å². The minimum atomic E-state index is -0.997. The summed E-state index contributed by atoms with van der Waals surface area (Å²) in [6.07, 6.45) is 7.83. The van der Waals surface area contributed by atoms with E-state index in [0.717, 1.165) is 11.3 Å². The summed E-state index contributed by atoms with van der Waals surface area (Å²) in [6, 6.07) is 5.56. The number of esters is 2. The number of fused-ring (bicyclic) bond motifs is 1. The van der Waals surface area contributed by atoms with Crippen molar-refractivity contribution < 1.29 is 52.2 Å². The number of thioether (sulfide) groups is 1. The van der Waals surface area contributed by atoms with E-state index in [2.05, 4.69) is 22.0 Å². The minimum absolute atomic E-state index is 0.0490. The molecular formula is C35H38N8O9S2+2. The van der Waals surface area contributed by atoms with E-state index in [4.69, 9.17) is 20.0 Å². The number of ether oxygens (including phenoxy) is 2. The van der Waals surface area contributed by atoms with E-state index < -0.39 is 47.4 Å². The van der Waals surface area contributed by atoms with Crippen molar-refractivity contribution in [3.05, 3.63) is 95.1 Å². The largest absolute Gasteiger partial charge is 0.402 e. The first-order valence-corrected chi connectivity index (χ1v) is 18.2. The number of nitrogens with zero attached hydrogens (tertiary/aromatic N) is 6. The molecule has 0 aromatic carbocycles. The van der Waals surface area contributed by atoms with E-state index in [1.54, 1.807) is 71.0 Å². The van der Waals surface area contributed by atoms with Gasteiger partial charge >= 0.3 is 11.9 Å². The third kappa shape index (κ3) is 8.97. The maximum atomic E-state index is 13.6. The Morgan fingerprint density at radius 1 is 1.02 bits per heavy atom. The molecule has 0 bridgehead atoms. The van der Waals surface area contributed by atoms with E-state index in [1.807, 2.05) is 0 Å². The molecule has 3 N–H and O–H groups in total. The molecule has 17 nitrogen and oxygen atoms in total. The number of anilines is 1. The molecule has 0 radical (unpaired) electrons. The highest BCUT2D eigenvalue weighted by Crippen LogP contribution is 2.46. The average molecular weight is 779 g/mol. The zero-order valence-electron chi connectivity index (χ0n) is 29.8. The summed E-state index contributed by atoms with van der Waals surface area (Å²) in [4.78, 5) is 89.7. The Labute approximate surface area is 318 Å². The SMILES string of the molecule is C=CC1=C(C(=O)OC[n+]2cccc(C(=O)N(C)C)c2)C2C(=O)C(NC(=O)/C(=N/OCC(=O)OC[n+]3cccc(C(=O)N(C)C)c3)c3csc(N)n3)C2SC1. The van der Waals surface area contributed by atoms with E-state index in [-0.39, 0.29) is 47.4 Å². The number of nitrogen functional groups attached to an aromatic ring is 1. The number of oxime groups is 1. The summed E-state index contributed by atoms with van der Waals surface area (Å²) >= 11 is 2.42. The Kier molecular flexibility index (Phi) is 12.5. The standard InChI is InChI=1S/C35H37N8O9S2/c1-6-20-16-53-30-26(25(20)34(49)51-19-43-12-8-10-22(14-43)33(48)41(4)5)29(45)28(30)38-31(46)27(23-17-54-35(36)37-23)39-52-15-24(44)50-18-42-11-7-9-21(13-42)32(47)40(2)3/h6-14,17,26,28,30H,1,15-16,18-19H2,2-5H3,(H2-,36,37,38,46)/q+1/p+1/b39-27+. The molecule has 1 aliphatic heterocycles. The van der Waals surface area contributed by atoms with Crippen molar-refractivity contribution in [2.24, 2.45) is 11.1 Å². The van der Waals surface area contributed by atoms with Gasteiger partial charge in [-0.25, -0.2) is 14.6 Å². The number of Topliss-reactive ketones (excluding diaryl/α,β-unsaturated/α-hetero) is 1. The number of hydrogen-bond donors (Lipinski definition) is 2. The van der Waals surface area contributed by atoms with Crippen LogP contribution in [0.25, 0.3) is 0 Å². The number of nitrogens with one attached hydrogen (secondary N) is 1. The maximum Gasteiger partial charge on any atom is 0.351 e. The van der Waals surface area contributed by atoms with Crippen LogP contribution < -0.4 is 20.2 Å². The van der Waals surface area contributed by atoms with Gasteiger partial charge < -0.3 is 35.2 Å². The van der Waals surface area contributed by atoms with Gasteiger partial charge in [0.25, 0.3) is 31.2 Å². The number of aromatic nitrogens is 3. The highest BCUT2D eigenvalue weighted by Gasteiger charge is 2.56. The third-order valence-electron chi connectivity index (χ3n) is 8.17. The fourth-order valence-electron chi connectivity index (χ4n) is 5.47.